The van der Waals surface area contributed by atoms with Gasteiger partial charge in [-0.25, -0.2) is 0 Å². The molecule has 1 aliphatic carbocycles. The van der Waals surface area contributed by atoms with Crippen molar-refractivity contribution in [2.75, 3.05) is 19.6 Å². The molecule has 0 unspecified atom stereocenters. The van der Waals surface area contributed by atoms with Gasteiger partial charge in [0.2, 0.25) is 17.7 Å². The predicted octanol–water partition coefficient (Wildman–Crippen LogP) is 0.773. The Kier molecular flexibility index (Phi) is 8.35. The molecule has 7 nitrogen and oxygen atoms in total. The van der Waals surface area contributed by atoms with Crippen LogP contribution in [-0.2, 0) is 14.4 Å². The zero-order valence-corrected chi connectivity index (χ0v) is 16.1. The highest BCUT2D eigenvalue weighted by atomic mass is 16.2. The van der Waals surface area contributed by atoms with Crippen molar-refractivity contribution in [1.82, 2.24) is 15.5 Å². The van der Waals surface area contributed by atoms with Crippen molar-refractivity contribution in [3.8, 4) is 0 Å². The second-order valence-corrected chi connectivity index (χ2v) is 7.16. The van der Waals surface area contributed by atoms with Gasteiger partial charge in [-0.1, -0.05) is 33.1 Å². The molecule has 0 aromatic carbocycles. The molecule has 0 saturated heterocycles. The third kappa shape index (κ3) is 5.70. The van der Waals surface area contributed by atoms with Crippen LogP contribution in [0, 0.1) is 5.92 Å². The summed E-state index contributed by atoms with van der Waals surface area (Å²) in [5.41, 5.74) is 4.93. The van der Waals surface area contributed by atoms with Crippen molar-refractivity contribution < 1.29 is 14.4 Å². The number of amides is 3. The van der Waals surface area contributed by atoms with Crippen molar-refractivity contribution in [1.29, 1.82) is 0 Å². The van der Waals surface area contributed by atoms with E-state index in [-0.39, 0.29) is 30.2 Å². The van der Waals surface area contributed by atoms with Crippen LogP contribution in [0.15, 0.2) is 0 Å². The highest BCUT2D eigenvalue weighted by molar-refractivity contribution is 5.93. The van der Waals surface area contributed by atoms with E-state index in [1.807, 2.05) is 27.7 Å². The van der Waals surface area contributed by atoms with Gasteiger partial charge >= 0.3 is 0 Å². The molecule has 1 aliphatic rings. The predicted molar refractivity (Wildman–Crippen MR) is 97.7 cm³/mol. The number of rotatable bonds is 8. The van der Waals surface area contributed by atoms with Gasteiger partial charge in [-0.2, -0.15) is 0 Å². The molecule has 25 heavy (non-hydrogen) atoms. The molecule has 0 spiro atoms. The van der Waals surface area contributed by atoms with Crippen LogP contribution in [-0.4, -0.2) is 53.8 Å². The fourth-order valence-electron chi connectivity index (χ4n) is 3.26. The van der Waals surface area contributed by atoms with E-state index in [2.05, 4.69) is 10.6 Å². The van der Waals surface area contributed by atoms with E-state index in [4.69, 9.17) is 5.73 Å². The molecular formula is C18H34N4O3. The summed E-state index contributed by atoms with van der Waals surface area (Å²) in [7, 11) is 0. The second-order valence-electron chi connectivity index (χ2n) is 7.16. The first-order valence-electron chi connectivity index (χ1n) is 9.41. The summed E-state index contributed by atoms with van der Waals surface area (Å²) >= 11 is 0. The van der Waals surface area contributed by atoms with Crippen molar-refractivity contribution in [2.24, 2.45) is 11.7 Å². The number of likely N-dealkylation sites (N-methyl/N-ethyl adjacent to an activating group) is 1. The average molecular weight is 354 g/mol. The largest absolute Gasteiger partial charge is 0.346 e. The summed E-state index contributed by atoms with van der Waals surface area (Å²) in [6, 6.07) is -0.645. The van der Waals surface area contributed by atoms with Crippen LogP contribution in [0.5, 0.6) is 0 Å². The minimum absolute atomic E-state index is 0.00278. The molecule has 0 radical (unpaired) electrons. The van der Waals surface area contributed by atoms with E-state index in [0.717, 1.165) is 19.3 Å². The number of hydrogen-bond acceptors (Lipinski definition) is 4. The fourth-order valence-corrected chi connectivity index (χ4v) is 3.26. The SMILES string of the molecule is CCN(CC)C(=O)C1(NC(=O)CNC(=O)[C@@H](N)C(C)C)CCCCC1. The molecule has 0 aliphatic heterocycles. The third-order valence-electron chi connectivity index (χ3n) is 4.99. The molecule has 4 N–H and O–H groups in total. The quantitative estimate of drug-likeness (QED) is 0.599. The smallest absolute Gasteiger partial charge is 0.248 e. The Morgan fingerprint density at radius 3 is 2.12 bits per heavy atom. The van der Waals surface area contributed by atoms with Gasteiger partial charge in [0.1, 0.15) is 5.54 Å². The Labute approximate surface area is 151 Å². The van der Waals surface area contributed by atoms with Gasteiger partial charge in [-0.15, -0.1) is 0 Å². The number of carbonyl (C=O) groups excluding carboxylic acids is 3. The summed E-state index contributed by atoms with van der Waals surface area (Å²) in [4.78, 5) is 39.0. The van der Waals surface area contributed by atoms with Gasteiger partial charge in [-0.3, -0.25) is 14.4 Å². The Morgan fingerprint density at radius 2 is 1.64 bits per heavy atom. The summed E-state index contributed by atoms with van der Waals surface area (Å²) in [5, 5.41) is 5.48. The number of nitrogens with one attached hydrogen (secondary N) is 2. The number of nitrogens with zero attached hydrogens (tertiary/aromatic N) is 1. The lowest BCUT2D eigenvalue weighted by Gasteiger charge is -2.40. The lowest BCUT2D eigenvalue weighted by atomic mass is 9.80. The molecule has 0 bridgehead atoms. The minimum Gasteiger partial charge on any atom is -0.346 e. The zero-order valence-electron chi connectivity index (χ0n) is 16.1. The lowest BCUT2D eigenvalue weighted by Crippen LogP contribution is -2.62. The van der Waals surface area contributed by atoms with Gasteiger partial charge in [0.25, 0.3) is 0 Å². The standard InChI is InChI=1S/C18H34N4O3/c1-5-22(6-2)17(25)18(10-8-7-9-11-18)21-14(23)12-20-16(24)15(19)13(3)4/h13,15H,5-12,19H2,1-4H3,(H,20,24)(H,21,23)/t15-/m0/s1. The van der Waals surface area contributed by atoms with E-state index in [1.54, 1.807) is 4.90 Å². The van der Waals surface area contributed by atoms with Crippen LogP contribution in [0.25, 0.3) is 0 Å². The zero-order chi connectivity index (χ0) is 19.0. The van der Waals surface area contributed by atoms with Gasteiger partial charge < -0.3 is 21.3 Å². The number of nitrogens with two attached hydrogens (primary N) is 1. The average Bonchev–Trinajstić information content (AvgIpc) is 2.60. The number of carbonyl (C=O) groups is 3. The molecule has 0 aromatic heterocycles. The van der Waals surface area contributed by atoms with Crippen LogP contribution in [0.4, 0.5) is 0 Å². The molecule has 1 fully saturated rings. The molecule has 7 heteroatoms. The van der Waals surface area contributed by atoms with Gasteiger partial charge in [0.05, 0.1) is 12.6 Å². The second kappa shape index (κ2) is 9.75. The third-order valence-corrected chi connectivity index (χ3v) is 4.99. The Balaban J connectivity index is 2.73. The molecule has 0 aromatic rings. The highest BCUT2D eigenvalue weighted by Crippen LogP contribution is 2.30. The molecule has 1 atom stereocenters. The maximum atomic E-state index is 13.0. The van der Waals surface area contributed by atoms with Crippen LogP contribution in [0.2, 0.25) is 0 Å². The van der Waals surface area contributed by atoms with Crippen LogP contribution in [0.3, 0.4) is 0 Å². The lowest BCUT2D eigenvalue weighted by molar-refractivity contribution is -0.143. The maximum Gasteiger partial charge on any atom is 0.248 e. The maximum absolute atomic E-state index is 13.0. The van der Waals surface area contributed by atoms with E-state index in [0.29, 0.717) is 25.9 Å². The summed E-state index contributed by atoms with van der Waals surface area (Å²) in [5.74, 6) is -0.711. The number of hydrogen-bond donors (Lipinski definition) is 3. The van der Waals surface area contributed by atoms with E-state index >= 15 is 0 Å². The normalized spacial score (nSPS) is 17.7. The Bertz CT molecular complexity index is 469. The first-order valence-corrected chi connectivity index (χ1v) is 9.41. The van der Waals surface area contributed by atoms with Crippen molar-refractivity contribution in [2.45, 2.75) is 71.4 Å². The van der Waals surface area contributed by atoms with Gasteiger partial charge in [0, 0.05) is 13.1 Å². The molecule has 1 saturated carbocycles. The topological polar surface area (TPSA) is 105 Å². The molecule has 0 heterocycles. The highest BCUT2D eigenvalue weighted by Gasteiger charge is 2.42. The van der Waals surface area contributed by atoms with E-state index in [1.165, 1.54) is 0 Å². The Morgan fingerprint density at radius 1 is 1.08 bits per heavy atom. The van der Waals surface area contributed by atoms with Crippen LogP contribution in [0.1, 0.15) is 59.8 Å². The van der Waals surface area contributed by atoms with E-state index < -0.39 is 11.6 Å². The molecule has 144 valence electrons. The first kappa shape index (κ1) is 21.4. The van der Waals surface area contributed by atoms with E-state index in [9.17, 15) is 14.4 Å². The fraction of sp³-hybridized carbons (Fsp3) is 0.833. The summed E-state index contributed by atoms with van der Waals surface area (Å²) in [6.07, 6.45) is 4.19. The minimum atomic E-state index is -0.841. The van der Waals surface area contributed by atoms with Crippen molar-refractivity contribution in [3.63, 3.8) is 0 Å². The molecular weight excluding hydrogens is 320 g/mol. The molecule has 1 rings (SSSR count). The van der Waals surface area contributed by atoms with Crippen LogP contribution < -0.4 is 16.4 Å². The first-order chi connectivity index (χ1) is 11.8. The summed E-state index contributed by atoms with van der Waals surface area (Å²) < 4.78 is 0. The monoisotopic (exact) mass is 354 g/mol. The molecule has 3 amide bonds. The summed E-state index contributed by atoms with van der Waals surface area (Å²) in [6.45, 7) is 8.65. The van der Waals surface area contributed by atoms with Crippen molar-refractivity contribution >= 4 is 17.7 Å². The van der Waals surface area contributed by atoms with Gasteiger partial charge in [-0.05, 0) is 32.6 Å². The van der Waals surface area contributed by atoms with Gasteiger partial charge in [0.15, 0.2) is 0 Å². The van der Waals surface area contributed by atoms with Crippen LogP contribution >= 0.6 is 0 Å². The Hall–Kier alpha value is -1.63. The van der Waals surface area contributed by atoms with Crippen molar-refractivity contribution in [3.05, 3.63) is 0 Å².